The predicted octanol–water partition coefficient (Wildman–Crippen LogP) is 9.76. The molecule has 1 aliphatic rings. The minimum absolute atomic E-state index is 1.03. The van der Waals surface area contributed by atoms with Gasteiger partial charge in [0.15, 0.2) is 0 Å². The number of hydrogen-bond acceptors (Lipinski definition) is 2. The van der Waals surface area contributed by atoms with Crippen molar-refractivity contribution in [2.75, 3.05) is 0 Å². The van der Waals surface area contributed by atoms with Gasteiger partial charge in [0.25, 0.3) is 0 Å². The van der Waals surface area contributed by atoms with Crippen LogP contribution in [0.1, 0.15) is 29.9 Å². The molecule has 0 saturated heterocycles. The van der Waals surface area contributed by atoms with Gasteiger partial charge < -0.3 is 9.13 Å². The average molecular weight is 563 g/mol. The highest BCUT2D eigenvalue weighted by Gasteiger charge is 2.23. The first kappa shape index (κ1) is 24.0. The van der Waals surface area contributed by atoms with Gasteiger partial charge in [-0.1, -0.05) is 48.5 Å². The van der Waals surface area contributed by atoms with Crippen molar-refractivity contribution in [1.29, 1.82) is 0 Å². The summed E-state index contributed by atoms with van der Waals surface area (Å²) in [6, 6.07) is 35.7. The lowest BCUT2D eigenvalue weighted by molar-refractivity contribution is 0.592. The smallest absolute Gasteiger partial charge is 0.0725 e. The van der Waals surface area contributed by atoms with E-state index in [-0.39, 0.29) is 0 Å². The number of para-hydroxylation sites is 2. The third-order valence-electron chi connectivity index (χ3n) is 9.21. The number of rotatable bonds is 2. The van der Waals surface area contributed by atoms with E-state index >= 15 is 0 Å². The number of benzene rings is 4. The first-order chi connectivity index (χ1) is 20.7. The average Bonchev–Trinajstić information content (AvgIpc) is 3.74. The zero-order valence-electron chi connectivity index (χ0n) is 23.8. The first-order valence-corrected chi connectivity index (χ1v) is 15.7. The molecule has 204 valence electrons. The summed E-state index contributed by atoms with van der Waals surface area (Å²) in [5, 5.41) is 10.4. The third kappa shape index (κ3) is 3.31. The second kappa shape index (κ2) is 8.94. The van der Waals surface area contributed by atoms with E-state index in [0.29, 0.717) is 0 Å². The van der Waals surface area contributed by atoms with Crippen molar-refractivity contribution >= 4 is 53.3 Å². The SMILES string of the molecule is Cc1c2c(nn1-c1ccc3sc4c(-n5c6ccccc6c6ccccc65)cccc4c3c1)CCCCn1c(C)ccc1-2. The quantitative estimate of drug-likeness (QED) is 0.206. The van der Waals surface area contributed by atoms with Crippen LogP contribution in [0.5, 0.6) is 0 Å². The Bertz CT molecular complexity index is 2290. The van der Waals surface area contributed by atoms with Gasteiger partial charge >= 0.3 is 0 Å². The molecule has 0 aliphatic carbocycles. The Morgan fingerprint density at radius 3 is 2.29 bits per heavy atom. The molecule has 0 unspecified atom stereocenters. The molecule has 0 atom stereocenters. The summed E-state index contributed by atoms with van der Waals surface area (Å²) in [7, 11) is 0. The molecule has 0 radical (unpaired) electrons. The van der Waals surface area contributed by atoms with Crippen LogP contribution >= 0.6 is 11.3 Å². The lowest BCUT2D eigenvalue weighted by atomic mass is 10.0. The Morgan fingerprint density at radius 1 is 0.714 bits per heavy atom. The Balaban J connectivity index is 1.25. The number of hydrogen-bond donors (Lipinski definition) is 0. The maximum atomic E-state index is 5.23. The summed E-state index contributed by atoms with van der Waals surface area (Å²) in [6.07, 6.45) is 3.38. The zero-order valence-corrected chi connectivity index (χ0v) is 24.6. The maximum Gasteiger partial charge on any atom is 0.0725 e. The second-order valence-corrected chi connectivity index (χ2v) is 12.6. The molecule has 4 aromatic carbocycles. The van der Waals surface area contributed by atoms with E-state index in [1.807, 2.05) is 11.3 Å². The van der Waals surface area contributed by atoms with Gasteiger partial charge in [-0.3, -0.25) is 0 Å². The maximum absolute atomic E-state index is 5.23. The van der Waals surface area contributed by atoms with Crippen molar-refractivity contribution in [2.24, 2.45) is 0 Å². The van der Waals surface area contributed by atoms with E-state index < -0.39 is 0 Å². The number of nitrogens with zero attached hydrogens (tertiary/aromatic N) is 4. The summed E-state index contributed by atoms with van der Waals surface area (Å²) in [5.74, 6) is 0. The normalized spacial score (nSPS) is 13.6. The predicted molar refractivity (Wildman–Crippen MR) is 177 cm³/mol. The minimum atomic E-state index is 1.03. The highest BCUT2D eigenvalue weighted by molar-refractivity contribution is 7.26. The molecule has 0 bridgehead atoms. The molecule has 0 N–H and O–H groups in total. The van der Waals surface area contributed by atoms with Gasteiger partial charge in [0.05, 0.1) is 44.2 Å². The molecule has 0 amide bonds. The van der Waals surface area contributed by atoms with Crippen molar-refractivity contribution in [1.82, 2.24) is 18.9 Å². The van der Waals surface area contributed by atoms with Crippen molar-refractivity contribution in [2.45, 2.75) is 39.7 Å². The lowest BCUT2D eigenvalue weighted by Crippen LogP contribution is -2.07. The molecule has 5 heterocycles. The van der Waals surface area contributed by atoms with E-state index in [9.17, 15) is 0 Å². The Hall–Kier alpha value is -4.61. The Labute approximate surface area is 248 Å². The fourth-order valence-electron chi connectivity index (χ4n) is 7.23. The molecule has 1 aliphatic heterocycles. The van der Waals surface area contributed by atoms with Crippen molar-refractivity contribution < 1.29 is 0 Å². The van der Waals surface area contributed by atoms with Crippen LogP contribution in [0.25, 0.3) is 64.6 Å². The molecule has 8 aromatic rings. The summed E-state index contributed by atoms with van der Waals surface area (Å²) in [4.78, 5) is 0. The summed E-state index contributed by atoms with van der Waals surface area (Å²) < 4.78 is 9.71. The van der Waals surface area contributed by atoms with E-state index in [2.05, 4.69) is 125 Å². The van der Waals surface area contributed by atoms with E-state index in [4.69, 9.17) is 5.10 Å². The van der Waals surface area contributed by atoms with Crippen molar-refractivity contribution in [3.8, 4) is 22.6 Å². The van der Waals surface area contributed by atoms with E-state index in [1.54, 1.807) is 0 Å². The molecule has 5 heteroatoms. The first-order valence-electron chi connectivity index (χ1n) is 14.9. The van der Waals surface area contributed by atoms with Gasteiger partial charge in [0.1, 0.15) is 0 Å². The lowest BCUT2D eigenvalue weighted by Gasteiger charge is -2.15. The number of aromatic nitrogens is 4. The van der Waals surface area contributed by atoms with Crippen LogP contribution in [0.4, 0.5) is 0 Å². The van der Waals surface area contributed by atoms with Crippen molar-refractivity contribution in [3.05, 3.63) is 114 Å². The molecule has 4 aromatic heterocycles. The van der Waals surface area contributed by atoms with Crippen molar-refractivity contribution in [3.63, 3.8) is 0 Å². The van der Waals surface area contributed by atoms with Crippen LogP contribution in [0, 0.1) is 13.8 Å². The molecule has 42 heavy (non-hydrogen) atoms. The third-order valence-corrected chi connectivity index (χ3v) is 10.4. The summed E-state index contributed by atoms with van der Waals surface area (Å²) in [5.41, 5.74) is 11.2. The number of fused-ring (bicyclic) bond motifs is 9. The minimum Gasteiger partial charge on any atom is -0.345 e. The van der Waals surface area contributed by atoms with Crippen LogP contribution in [0.15, 0.2) is 97.1 Å². The molecular formula is C37H30N4S. The topological polar surface area (TPSA) is 27.7 Å². The highest BCUT2D eigenvalue weighted by atomic mass is 32.1. The van der Waals surface area contributed by atoms with Gasteiger partial charge in [0, 0.05) is 44.0 Å². The van der Waals surface area contributed by atoms with E-state index in [0.717, 1.165) is 18.7 Å². The van der Waals surface area contributed by atoms with E-state index in [1.165, 1.54) is 88.8 Å². The van der Waals surface area contributed by atoms with Crippen LogP contribution in [-0.4, -0.2) is 18.9 Å². The monoisotopic (exact) mass is 562 g/mol. The molecule has 0 saturated carbocycles. The fraction of sp³-hybridized carbons (Fsp3) is 0.162. The van der Waals surface area contributed by atoms with Gasteiger partial charge in [-0.25, -0.2) is 4.68 Å². The van der Waals surface area contributed by atoms with Crippen LogP contribution in [-0.2, 0) is 13.0 Å². The van der Waals surface area contributed by atoms with Crippen LogP contribution in [0.2, 0.25) is 0 Å². The number of thiophene rings is 1. The molecule has 4 nitrogen and oxygen atoms in total. The van der Waals surface area contributed by atoms with Gasteiger partial charge in [-0.05, 0) is 81.6 Å². The van der Waals surface area contributed by atoms with Crippen LogP contribution < -0.4 is 0 Å². The molecule has 9 rings (SSSR count). The summed E-state index contributed by atoms with van der Waals surface area (Å²) >= 11 is 1.88. The highest BCUT2D eigenvalue weighted by Crippen LogP contribution is 2.42. The van der Waals surface area contributed by atoms with Gasteiger partial charge in [-0.15, -0.1) is 11.3 Å². The largest absolute Gasteiger partial charge is 0.345 e. The number of aryl methyl sites for hydroxylation is 2. The fourth-order valence-corrected chi connectivity index (χ4v) is 8.42. The van der Waals surface area contributed by atoms with Gasteiger partial charge in [-0.2, -0.15) is 5.10 Å². The van der Waals surface area contributed by atoms with Gasteiger partial charge in [0.2, 0.25) is 0 Å². The molecular weight excluding hydrogens is 533 g/mol. The standard InChI is InChI=1S/C37H30N4S/c1-23-17-19-33-36-24(2)41(38-30(36)13-7-8-21-39(23)33)25-18-20-35-29(22-25)28-12-9-16-34(37(28)42-35)40-31-14-5-3-10-26(31)27-11-4-6-15-32(27)40/h3-6,9-12,14-20,22H,7-8,13,21H2,1-2H3. The molecule has 0 spiro atoms. The second-order valence-electron chi connectivity index (χ2n) is 11.6. The Morgan fingerprint density at radius 2 is 1.48 bits per heavy atom. The Kier molecular flexibility index (Phi) is 5.12. The molecule has 0 fully saturated rings. The zero-order chi connectivity index (χ0) is 27.9. The summed E-state index contributed by atoms with van der Waals surface area (Å²) in [6.45, 7) is 5.53. The van der Waals surface area contributed by atoms with Crippen LogP contribution in [0.3, 0.4) is 0 Å².